The average Bonchev–Trinajstić information content (AvgIpc) is 2.48. The molecule has 2 rings (SSSR count). The van der Waals surface area contributed by atoms with Crippen LogP contribution in [0.2, 0.25) is 0 Å². The van der Waals surface area contributed by atoms with Crippen molar-refractivity contribution in [2.75, 3.05) is 70.3 Å². The Balaban J connectivity index is 1.69. The largest absolute Gasteiger partial charge is 0.396 e. The van der Waals surface area contributed by atoms with E-state index in [0.717, 1.165) is 50.7 Å². The lowest BCUT2D eigenvalue weighted by atomic mass is 10.2. The van der Waals surface area contributed by atoms with Gasteiger partial charge in [-0.2, -0.15) is 0 Å². The van der Waals surface area contributed by atoms with Crippen molar-refractivity contribution in [2.24, 2.45) is 0 Å². The summed E-state index contributed by atoms with van der Waals surface area (Å²) in [5.74, 6) is 0. The first kappa shape index (κ1) is 15.0. The van der Waals surface area contributed by atoms with E-state index in [9.17, 15) is 0 Å². The van der Waals surface area contributed by atoms with Gasteiger partial charge in [-0.25, -0.2) is 0 Å². The van der Waals surface area contributed by atoms with Crippen LogP contribution in [0.1, 0.15) is 0 Å². The van der Waals surface area contributed by atoms with E-state index in [1.807, 2.05) is 6.07 Å². The van der Waals surface area contributed by atoms with Crippen molar-refractivity contribution in [2.45, 2.75) is 0 Å². The fourth-order valence-electron chi connectivity index (χ4n) is 2.34. The number of hydrogen-bond donors (Lipinski definition) is 1. The highest BCUT2D eigenvalue weighted by Crippen LogP contribution is 2.22. The summed E-state index contributed by atoms with van der Waals surface area (Å²) in [7, 11) is 1.69. The number of pyridine rings is 1. The zero-order chi connectivity index (χ0) is 14.2. The van der Waals surface area contributed by atoms with Crippen LogP contribution < -0.4 is 10.6 Å². The molecule has 1 fully saturated rings. The zero-order valence-electron chi connectivity index (χ0n) is 12.1. The van der Waals surface area contributed by atoms with E-state index in [2.05, 4.69) is 14.8 Å². The highest BCUT2D eigenvalue weighted by Gasteiger charge is 2.18. The van der Waals surface area contributed by atoms with Gasteiger partial charge < -0.3 is 20.1 Å². The lowest BCUT2D eigenvalue weighted by Crippen LogP contribution is -2.47. The molecule has 2 heterocycles. The molecule has 0 atom stereocenters. The summed E-state index contributed by atoms with van der Waals surface area (Å²) in [5, 5.41) is 0. The summed E-state index contributed by atoms with van der Waals surface area (Å²) in [6.45, 7) is 7.13. The first-order valence-corrected chi connectivity index (χ1v) is 7.04. The highest BCUT2D eigenvalue weighted by molar-refractivity contribution is 5.66. The zero-order valence-corrected chi connectivity index (χ0v) is 12.1. The molecule has 0 bridgehead atoms. The van der Waals surface area contributed by atoms with Crippen LogP contribution >= 0.6 is 0 Å². The molecule has 20 heavy (non-hydrogen) atoms. The number of nitrogens with zero attached hydrogens (tertiary/aromatic N) is 3. The minimum atomic E-state index is 0.662. The van der Waals surface area contributed by atoms with Crippen LogP contribution in [-0.4, -0.2) is 69.5 Å². The Morgan fingerprint density at radius 2 is 2.00 bits per heavy atom. The Morgan fingerprint density at radius 1 is 1.20 bits per heavy atom. The van der Waals surface area contributed by atoms with Crippen LogP contribution in [0.5, 0.6) is 0 Å². The first-order valence-electron chi connectivity index (χ1n) is 7.04. The van der Waals surface area contributed by atoms with E-state index in [4.69, 9.17) is 15.2 Å². The summed E-state index contributed by atoms with van der Waals surface area (Å²) in [4.78, 5) is 8.77. The third kappa shape index (κ3) is 4.33. The van der Waals surface area contributed by atoms with Crippen LogP contribution in [0.3, 0.4) is 0 Å². The average molecular weight is 280 g/mol. The molecule has 1 aliphatic rings. The normalized spacial score (nSPS) is 16.6. The number of piperazine rings is 1. The van der Waals surface area contributed by atoms with Crippen LogP contribution in [0, 0.1) is 0 Å². The first-order chi connectivity index (χ1) is 9.81. The molecule has 6 nitrogen and oxygen atoms in total. The second-order valence-electron chi connectivity index (χ2n) is 4.87. The molecule has 1 aromatic rings. The Bertz CT molecular complexity index is 395. The van der Waals surface area contributed by atoms with E-state index in [-0.39, 0.29) is 0 Å². The quantitative estimate of drug-likeness (QED) is 0.732. The van der Waals surface area contributed by atoms with Crippen LogP contribution in [0.25, 0.3) is 0 Å². The minimum absolute atomic E-state index is 0.662. The maximum atomic E-state index is 5.96. The number of methoxy groups -OCH3 is 1. The summed E-state index contributed by atoms with van der Waals surface area (Å²) < 4.78 is 10.4. The van der Waals surface area contributed by atoms with Gasteiger partial charge >= 0.3 is 0 Å². The SMILES string of the molecule is COCCOCCN1CCN(c2ccncc2N)CC1. The smallest absolute Gasteiger partial charge is 0.0738 e. The fourth-order valence-corrected chi connectivity index (χ4v) is 2.34. The van der Waals surface area contributed by atoms with Gasteiger partial charge in [-0.15, -0.1) is 0 Å². The summed E-state index contributed by atoms with van der Waals surface area (Å²) in [5.41, 5.74) is 7.81. The summed E-state index contributed by atoms with van der Waals surface area (Å²) in [6.07, 6.45) is 3.51. The Hall–Kier alpha value is -1.37. The second-order valence-corrected chi connectivity index (χ2v) is 4.87. The molecule has 1 aliphatic heterocycles. The van der Waals surface area contributed by atoms with E-state index in [0.29, 0.717) is 13.2 Å². The molecule has 0 amide bonds. The van der Waals surface area contributed by atoms with Gasteiger partial charge in [-0.1, -0.05) is 0 Å². The number of anilines is 2. The van der Waals surface area contributed by atoms with Crippen molar-refractivity contribution in [1.82, 2.24) is 9.88 Å². The molecule has 6 heteroatoms. The van der Waals surface area contributed by atoms with Crippen LogP contribution in [0.4, 0.5) is 11.4 Å². The van der Waals surface area contributed by atoms with E-state index in [1.54, 1.807) is 19.5 Å². The van der Waals surface area contributed by atoms with Crippen molar-refractivity contribution in [3.05, 3.63) is 18.5 Å². The number of nitrogen functional groups attached to an aromatic ring is 1. The van der Waals surface area contributed by atoms with Crippen LogP contribution in [0.15, 0.2) is 18.5 Å². The number of nitrogens with two attached hydrogens (primary N) is 1. The maximum Gasteiger partial charge on any atom is 0.0738 e. The molecule has 1 saturated heterocycles. The molecule has 0 aliphatic carbocycles. The predicted molar refractivity (Wildman–Crippen MR) is 80.0 cm³/mol. The molecule has 0 spiro atoms. The van der Waals surface area contributed by atoms with Gasteiger partial charge in [-0.05, 0) is 6.07 Å². The Morgan fingerprint density at radius 3 is 2.70 bits per heavy atom. The summed E-state index contributed by atoms with van der Waals surface area (Å²) in [6, 6.07) is 1.98. The number of rotatable bonds is 7. The molecule has 1 aromatic heterocycles. The van der Waals surface area contributed by atoms with E-state index in [1.165, 1.54) is 0 Å². The van der Waals surface area contributed by atoms with Crippen molar-refractivity contribution in [3.8, 4) is 0 Å². The lowest BCUT2D eigenvalue weighted by Gasteiger charge is -2.36. The molecular weight excluding hydrogens is 256 g/mol. The third-order valence-electron chi connectivity index (χ3n) is 3.52. The third-order valence-corrected chi connectivity index (χ3v) is 3.52. The number of hydrogen-bond acceptors (Lipinski definition) is 6. The molecule has 0 saturated carbocycles. The molecule has 2 N–H and O–H groups in total. The van der Waals surface area contributed by atoms with E-state index >= 15 is 0 Å². The monoisotopic (exact) mass is 280 g/mol. The predicted octanol–water partition coefficient (Wildman–Crippen LogP) is 0.449. The minimum Gasteiger partial charge on any atom is -0.396 e. The van der Waals surface area contributed by atoms with Crippen molar-refractivity contribution >= 4 is 11.4 Å². The van der Waals surface area contributed by atoms with Gasteiger partial charge in [0.1, 0.15) is 0 Å². The Kier molecular flexibility index (Phi) is 6.04. The van der Waals surface area contributed by atoms with Crippen molar-refractivity contribution in [1.29, 1.82) is 0 Å². The van der Waals surface area contributed by atoms with Gasteiger partial charge in [-0.3, -0.25) is 9.88 Å². The van der Waals surface area contributed by atoms with Gasteiger partial charge in [0.15, 0.2) is 0 Å². The lowest BCUT2D eigenvalue weighted by molar-refractivity contribution is 0.0563. The highest BCUT2D eigenvalue weighted by atomic mass is 16.5. The van der Waals surface area contributed by atoms with Crippen molar-refractivity contribution < 1.29 is 9.47 Å². The maximum absolute atomic E-state index is 5.96. The summed E-state index contributed by atoms with van der Waals surface area (Å²) >= 11 is 0. The Labute approximate surface area is 120 Å². The molecular formula is C14H24N4O2. The second kappa shape index (κ2) is 8.04. The van der Waals surface area contributed by atoms with Crippen LogP contribution in [-0.2, 0) is 9.47 Å². The number of ether oxygens (including phenoxy) is 2. The van der Waals surface area contributed by atoms with Gasteiger partial charge in [0.05, 0.1) is 37.4 Å². The number of aromatic nitrogens is 1. The molecule has 0 unspecified atom stereocenters. The fraction of sp³-hybridized carbons (Fsp3) is 0.643. The topological polar surface area (TPSA) is 63.9 Å². The standard InChI is InChI=1S/C14H24N4O2/c1-19-10-11-20-9-8-17-4-6-18(7-5-17)14-2-3-16-12-13(14)15/h2-3,12H,4-11,15H2,1H3. The van der Waals surface area contributed by atoms with Gasteiger partial charge in [0.25, 0.3) is 0 Å². The molecule has 112 valence electrons. The van der Waals surface area contributed by atoms with Crippen molar-refractivity contribution in [3.63, 3.8) is 0 Å². The molecule has 0 aromatic carbocycles. The van der Waals surface area contributed by atoms with Gasteiger partial charge in [0, 0.05) is 46.0 Å². The van der Waals surface area contributed by atoms with Gasteiger partial charge in [0.2, 0.25) is 0 Å². The molecule has 0 radical (unpaired) electrons. The van der Waals surface area contributed by atoms with E-state index < -0.39 is 0 Å².